The highest BCUT2D eigenvalue weighted by Gasteiger charge is 2.27. The molecule has 4 heterocycles. The summed E-state index contributed by atoms with van der Waals surface area (Å²) in [4.78, 5) is 23.5. The number of nitrogen functional groups attached to an aromatic ring is 1. The molecule has 1 aliphatic heterocycles. The molecule has 1 saturated heterocycles. The van der Waals surface area contributed by atoms with Crippen molar-refractivity contribution in [3.05, 3.63) is 35.8 Å². The Kier molecular flexibility index (Phi) is 6.02. The molecule has 0 radical (unpaired) electrons. The van der Waals surface area contributed by atoms with Crippen LogP contribution in [0.4, 0.5) is 20.9 Å². The van der Waals surface area contributed by atoms with Gasteiger partial charge in [-0.05, 0) is 25.0 Å². The minimum Gasteiger partial charge on any atom is -0.389 e. The van der Waals surface area contributed by atoms with E-state index in [1.807, 2.05) is 11.0 Å². The molecule has 0 aromatic carbocycles. The molecular formula is C20H22FN9OS. The number of carbonyl (C=O) groups excluding carboxylic acids is 1. The number of halogens is 1. The van der Waals surface area contributed by atoms with Crippen molar-refractivity contribution in [3.63, 3.8) is 0 Å². The molecule has 0 unspecified atom stereocenters. The molecule has 3 aromatic heterocycles. The summed E-state index contributed by atoms with van der Waals surface area (Å²) in [6.07, 6.45) is 1.27. The molecule has 5 N–H and O–H groups in total. The van der Waals surface area contributed by atoms with Crippen LogP contribution < -0.4 is 21.7 Å². The first-order valence-electron chi connectivity index (χ1n) is 9.99. The van der Waals surface area contributed by atoms with Gasteiger partial charge in [0.1, 0.15) is 39.3 Å². The molecule has 3 aromatic rings. The van der Waals surface area contributed by atoms with Gasteiger partial charge >= 0.3 is 0 Å². The Labute approximate surface area is 187 Å². The van der Waals surface area contributed by atoms with Crippen molar-refractivity contribution in [3.8, 4) is 16.8 Å². The van der Waals surface area contributed by atoms with Crippen LogP contribution in [0.25, 0.3) is 10.7 Å². The normalized spacial score (nSPS) is 18.8. The lowest BCUT2D eigenvalue weighted by Crippen LogP contribution is -2.31. The van der Waals surface area contributed by atoms with Crippen molar-refractivity contribution < 1.29 is 9.18 Å². The van der Waals surface area contributed by atoms with Gasteiger partial charge in [-0.1, -0.05) is 17.4 Å². The van der Waals surface area contributed by atoms with Crippen molar-refractivity contribution in [2.45, 2.75) is 25.1 Å². The molecule has 166 valence electrons. The Morgan fingerprint density at radius 1 is 1.34 bits per heavy atom. The number of nitrogens with zero attached hydrogens (tertiary/aromatic N) is 6. The van der Waals surface area contributed by atoms with Gasteiger partial charge in [0.25, 0.3) is 5.91 Å². The fourth-order valence-corrected chi connectivity index (χ4v) is 4.40. The van der Waals surface area contributed by atoms with Crippen LogP contribution >= 0.6 is 11.3 Å². The van der Waals surface area contributed by atoms with E-state index >= 15 is 0 Å². The second kappa shape index (κ2) is 8.89. The summed E-state index contributed by atoms with van der Waals surface area (Å²) in [5, 5.41) is 16.8. The fourth-order valence-electron chi connectivity index (χ4n) is 3.60. The summed E-state index contributed by atoms with van der Waals surface area (Å²) in [5.74, 6) is 0.169. The van der Waals surface area contributed by atoms with Gasteiger partial charge in [0.05, 0.1) is 6.20 Å². The lowest BCUT2D eigenvalue weighted by Gasteiger charge is -2.24. The Morgan fingerprint density at radius 2 is 2.12 bits per heavy atom. The van der Waals surface area contributed by atoms with E-state index in [-0.39, 0.29) is 16.4 Å². The zero-order valence-corrected chi connectivity index (χ0v) is 18.1. The number of thiazole rings is 1. The monoisotopic (exact) mass is 455 g/mol. The van der Waals surface area contributed by atoms with E-state index < -0.39 is 18.1 Å². The molecule has 1 aliphatic rings. The smallest absolute Gasteiger partial charge is 0.277 e. The van der Waals surface area contributed by atoms with E-state index in [4.69, 9.17) is 16.7 Å². The quantitative estimate of drug-likeness (QED) is 0.539. The number of nitrogens with one attached hydrogen (secondary N) is 1. The lowest BCUT2D eigenvalue weighted by atomic mass is 10.1. The largest absolute Gasteiger partial charge is 0.389 e. The van der Waals surface area contributed by atoms with Gasteiger partial charge in [-0.3, -0.25) is 9.48 Å². The molecule has 1 amide bonds. The molecule has 4 rings (SSSR count). The molecule has 0 spiro atoms. The van der Waals surface area contributed by atoms with Gasteiger partial charge in [0, 0.05) is 26.2 Å². The average molecular weight is 456 g/mol. The molecule has 0 saturated carbocycles. The number of hydrogen-bond donors (Lipinski definition) is 3. The van der Waals surface area contributed by atoms with Gasteiger partial charge in [0.2, 0.25) is 0 Å². The van der Waals surface area contributed by atoms with E-state index in [9.17, 15) is 9.18 Å². The number of amides is 1. The number of nitrogens with two attached hydrogens (primary N) is 2. The molecule has 0 aliphatic carbocycles. The minimum atomic E-state index is -1.06. The lowest BCUT2D eigenvalue weighted by molar-refractivity contribution is 0.102. The van der Waals surface area contributed by atoms with Crippen LogP contribution in [0.15, 0.2) is 24.4 Å². The first kappa shape index (κ1) is 21.7. The van der Waals surface area contributed by atoms with E-state index in [2.05, 4.69) is 20.4 Å². The standard InChI is InChI=1S/C20H22FN9OS/c1-29-20(30-7-5-12(21)13(23)6-8-30)15(10-25-29)27-18(31)16-17(24)32-19(28-16)14-4-2-3-11(9-22)26-14/h2-4,10,12-13H,5-8,23-24H2,1H3,(H,27,31)/t12-,13-/m1/s1. The van der Waals surface area contributed by atoms with Gasteiger partial charge in [-0.2, -0.15) is 10.4 Å². The first-order chi connectivity index (χ1) is 15.4. The number of pyridine rings is 1. The number of hydrogen-bond acceptors (Lipinski definition) is 9. The van der Waals surface area contributed by atoms with E-state index in [1.54, 1.807) is 29.9 Å². The van der Waals surface area contributed by atoms with Crippen LogP contribution in [0.1, 0.15) is 29.0 Å². The molecule has 12 heteroatoms. The summed E-state index contributed by atoms with van der Waals surface area (Å²) in [6, 6.07) is 6.44. The van der Waals surface area contributed by atoms with Gasteiger partial charge < -0.3 is 21.7 Å². The third-order valence-electron chi connectivity index (χ3n) is 5.28. The Bertz CT molecular complexity index is 1170. The maximum absolute atomic E-state index is 14.0. The predicted molar refractivity (Wildman–Crippen MR) is 120 cm³/mol. The van der Waals surface area contributed by atoms with Crippen molar-refractivity contribution in [2.24, 2.45) is 12.8 Å². The number of aromatic nitrogens is 4. The number of nitriles is 1. The number of carbonyl (C=O) groups is 1. The molecule has 1 fully saturated rings. The number of rotatable bonds is 4. The summed E-state index contributed by atoms with van der Waals surface area (Å²) >= 11 is 1.11. The Morgan fingerprint density at radius 3 is 2.91 bits per heavy atom. The fraction of sp³-hybridized carbons (Fsp3) is 0.350. The second-order valence-corrected chi connectivity index (χ2v) is 8.49. The molecular weight excluding hydrogens is 433 g/mol. The molecule has 0 bridgehead atoms. The van der Waals surface area contributed by atoms with Crippen LogP contribution in [0.5, 0.6) is 0 Å². The van der Waals surface area contributed by atoms with Crippen LogP contribution in [0, 0.1) is 11.3 Å². The second-order valence-electron chi connectivity index (χ2n) is 7.46. The number of aryl methyl sites for hydroxylation is 1. The highest BCUT2D eigenvalue weighted by Crippen LogP contribution is 2.32. The topological polar surface area (TPSA) is 152 Å². The van der Waals surface area contributed by atoms with Crippen molar-refractivity contribution in [1.29, 1.82) is 5.26 Å². The average Bonchev–Trinajstić information content (AvgIpc) is 3.31. The van der Waals surface area contributed by atoms with Gasteiger partial charge in [0.15, 0.2) is 11.5 Å². The minimum absolute atomic E-state index is 0.0608. The van der Waals surface area contributed by atoms with Crippen LogP contribution in [-0.2, 0) is 7.05 Å². The first-order valence-corrected chi connectivity index (χ1v) is 10.8. The van der Waals surface area contributed by atoms with Crippen LogP contribution in [0.2, 0.25) is 0 Å². The summed E-state index contributed by atoms with van der Waals surface area (Å²) in [7, 11) is 1.76. The van der Waals surface area contributed by atoms with Crippen molar-refractivity contribution in [2.75, 3.05) is 29.0 Å². The molecule has 32 heavy (non-hydrogen) atoms. The predicted octanol–water partition coefficient (Wildman–Crippen LogP) is 1.91. The summed E-state index contributed by atoms with van der Waals surface area (Å²) in [6.45, 7) is 1.01. The summed E-state index contributed by atoms with van der Waals surface area (Å²) in [5.41, 5.74) is 13.2. The van der Waals surface area contributed by atoms with Crippen molar-refractivity contribution in [1.82, 2.24) is 19.7 Å². The van der Waals surface area contributed by atoms with E-state index in [1.165, 1.54) is 6.20 Å². The highest BCUT2D eigenvalue weighted by atomic mass is 32.1. The number of anilines is 3. The third kappa shape index (κ3) is 4.25. The van der Waals surface area contributed by atoms with Gasteiger partial charge in [-0.15, -0.1) is 0 Å². The van der Waals surface area contributed by atoms with Crippen LogP contribution in [0.3, 0.4) is 0 Å². The van der Waals surface area contributed by atoms with Crippen LogP contribution in [-0.4, -0.2) is 51.0 Å². The maximum atomic E-state index is 14.0. The maximum Gasteiger partial charge on any atom is 0.277 e. The summed E-state index contributed by atoms with van der Waals surface area (Å²) < 4.78 is 15.7. The Hall–Kier alpha value is -3.56. The van der Waals surface area contributed by atoms with Gasteiger partial charge in [-0.25, -0.2) is 14.4 Å². The zero-order chi connectivity index (χ0) is 22.8. The highest BCUT2D eigenvalue weighted by molar-refractivity contribution is 7.19. The molecule has 10 nitrogen and oxygen atoms in total. The zero-order valence-electron chi connectivity index (χ0n) is 17.3. The van der Waals surface area contributed by atoms with Crippen molar-refractivity contribution >= 4 is 33.8 Å². The van der Waals surface area contributed by atoms with E-state index in [0.717, 1.165) is 11.3 Å². The van der Waals surface area contributed by atoms with E-state index in [0.29, 0.717) is 48.1 Å². The molecule has 2 atom stereocenters. The third-order valence-corrected chi connectivity index (χ3v) is 6.19. The SMILES string of the molecule is Cn1ncc(NC(=O)c2nc(-c3cccc(C#N)n3)sc2N)c1N1CC[C@@H](N)[C@H](F)CC1. The Balaban J connectivity index is 1.57. The number of alkyl halides is 1.